The Hall–Kier alpha value is -0.120. The molecule has 1 atom stereocenters. The van der Waals surface area contributed by atoms with Crippen LogP contribution in [0.3, 0.4) is 0 Å². The Morgan fingerprint density at radius 1 is 1.33 bits per heavy atom. The summed E-state index contributed by atoms with van der Waals surface area (Å²) in [4.78, 5) is 0. The van der Waals surface area contributed by atoms with E-state index in [1.165, 1.54) is 0 Å². The van der Waals surface area contributed by atoms with Crippen LogP contribution in [0.4, 0.5) is 0 Å². The second-order valence-corrected chi connectivity index (χ2v) is 4.35. The summed E-state index contributed by atoms with van der Waals surface area (Å²) < 4.78 is 11.0. The van der Waals surface area contributed by atoms with Gasteiger partial charge in [0.25, 0.3) is 0 Å². The summed E-state index contributed by atoms with van der Waals surface area (Å²) in [5, 5.41) is 3.35. The van der Waals surface area contributed by atoms with Crippen LogP contribution in [0.1, 0.15) is 20.8 Å². The normalized spacial score (nSPS) is 35.0. The van der Waals surface area contributed by atoms with Gasteiger partial charge in [-0.15, -0.1) is 0 Å². The van der Waals surface area contributed by atoms with Crippen molar-refractivity contribution in [3.8, 4) is 0 Å². The van der Waals surface area contributed by atoms with E-state index < -0.39 is 0 Å². The second kappa shape index (κ2) is 3.32. The highest BCUT2D eigenvalue weighted by atomic mass is 16.6. The summed E-state index contributed by atoms with van der Waals surface area (Å²) in [6.45, 7) is 8.67. The van der Waals surface area contributed by atoms with Crippen LogP contribution in [0.2, 0.25) is 0 Å². The molecule has 0 aliphatic carbocycles. The lowest BCUT2D eigenvalue weighted by Gasteiger charge is -2.43. The molecule has 0 amide bonds. The molecule has 3 nitrogen and oxygen atoms in total. The van der Waals surface area contributed by atoms with Crippen LogP contribution in [0.5, 0.6) is 0 Å². The van der Waals surface area contributed by atoms with E-state index in [0.717, 1.165) is 13.1 Å². The maximum atomic E-state index is 5.91. The summed E-state index contributed by atoms with van der Waals surface area (Å²) in [6.07, 6.45) is 0. The quantitative estimate of drug-likeness (QED) is 0.669. The van der Waals surface area contributed by atoms with Gasteiger partial charge < -0.3 is 14.8 Å². The van der Waals surface area contributed by atoms with E-state index in [2.05, 4.69) is 26.1 Å². The fraction of sp³-hybridized carbons (Fsp3) is 1.00. The fourth-order valence-corrected chi connectivity index (χ4v) is 1.75. The molecule has 1 unspecified atom stereocenters. The van der Waals surface area contributed by atoms with Crippen LogP contribution in [0, 0.1) is 0 Å². The van der Waals surface area contributed by atoms with Crippen molar-refractivity contribution in [2.24, 2.45) is 0 Å². The second-order valence-electron chi connectivity index (χ2n) is 4.35. The molecule has 1 aliphatic rings. The highest BCUT2D eigenvalue weighted by Crippen LogP contribution is 2.23. The average Bonchev–Trinajstić information content (AvgIpc) is 1.83. The first-order chi connectivity index (χ1) is 5.47. The molecule has 3 heteroatoms. The highest BCUT2D eigenvalue weighted by molar-refractivity contribution is 4.89. The van der Waals surface area contributed by atoms with Crippen LogP contribution in [-0.2, 0) is 9.47 Å². The van der Waals surface area contributed by atoms with Gasteiger partial charge in [-0.1, -0.05) is 0 Å². The van der Waals surface area contributed by atoms with Crippen LogP contribution < -0.4 is 5.32 Å². The third kappa shape index (κ3) is 2.44. The zero-order valence-electron chi connectivity index (χ0n) is 8.44. The molecule has 1 aliphatic heterocycles. The SMILES string of the molecule is COCC1(C)CNCC(C)(C)O1. The van der Waals surface area contributed by atoms with Crippen molar-refractivity contribution < 1.29 is 9.47 Å². The van der Waals surface area contributed by atoms with Crippen molar-refractivity contribution in [3.63, 3.8) is 0 Å². The lowest BCUT2D eigenvalue weighted by atomic mass is 10.00. The Bertz CT molecular complexity index is 155. The van der Waals surface area contributed by atoms with Gasteiger partial charge in [-0.3, -0.25) is 0 Å². The predicted molar refractivity (Wildman–Crippen MR) is 48.3 cm³/mol. The third-order valence-corrected chi connectivity index (χ3v) is 2.02. The standard InChI is InChI=1S/C9H19NO2/c1-8(2)5-10-6-9(3,12-8)7-11-4/h10H,5-7H2,1-4H3. The monoisotopic (exact) mass is 173 g/mol. The predicted octanol–water partition coefficient (Wildman–Crippen LogP) is 0.790. The van der Waals surface area contributed by atoms with Crippen molar-refractivity contribution in [3.05, 3.63) is 0 Å². The molecule has 1 saturated heterocycles. The minimum Gasteiger partial charge on any atom is -0.382 e. The molecule has 1 N–H and O–H groups in total. The zero-order chi connectivity index (χ0) is 9.24. The largest absolute Gasteiger partial charge is 0.382 e. The van der Waals surface area contributed by atoms with Gasteiger partial charge in [0.05, 0.1) is 12.2 Å². The molecule has 1 heterocycles. The number of methoxy groups -OCH3 is 1. The van der Waals surface area contributed by atoms with Gasteiger partial charge in [0.15, 0.2) is 0 Å². The lowest BCUT2D eigenvalue weighted by Crippen LogP contribution is -2.58. The minimum atomic E-state index is -0.170. The van der Waals surface area contributed by atoms with E-state index >= 15 is 0 Å². The van der Waals surface area contributed by atoms with E-state index in [1.807, 2.05) is 0 Å². The summed E-state index contributed by atoms with van der Waals surface area (Å²) in [5.74, 6) is 0. The maximum Gasteiger partial charge on any atom is 0.102 e. The summed E-state index contributed by atoms with van der Waals surface area (Å²) in [6, 6.07) is 0. The summed E-state index contributed by atoms with van der Waals surface area (Å²) in [7, 11) is 1.70. The van der Waals surface area contributed by atoms with E-state index in [1.54, 1.807) is 7.11 Å². The molecule has 0 radical (unpaired) electrons. The summed E-state index contributed by atoms with van der Waals surface area (Å²) in [5.41, 5.74) is -0.248. The van der Waals surface area contributed by atoms with Crippen LogP contribution in [0.25, 0.3) is 0 Å². The number of nitrogens with one attached hydrogen (secondary N) is 1. The van der Waals surface area contributed by atoms with Gasteiger partial charge >= 0.3 is 0 Å². The molecular formula is C9H19NO2. The molecule has 0 spiro atoms. The first-order valence-electron chi connectivity index (χ1n) is 4.37. The van der Waals surface area contributed by atoms with E-state index in [9.17, 15) is 0 Å². The minimum absolute atomic E-state index is 0.0778. The third-order valence-electron chi connectivity index (χ3n) is 2.02. The molecule has 0 aromatic heterocycles. The van der Waals surface area contributed by atoms with Gasteiger partial charge in [0.2, 0.25) is 0 Å². The van der Waals surface area contributed by atoms with Crippen molar-refractivity contribution >= 4 is 0 Å². The van der Waals surface area contributed by atoms with Crippen molar-refractivity contribution in [1.82, 2.24) is 5.32 Å². The fourth-order valence-electron chi connectivity index (χ4n) is 1.75. The van der Waals surface area contributed by atoms with Gasteiger partial charge in [-0.25, -0.2) is 0 Å². The topological polar surface area (TPSA) is 30.5 Å². The average molecular weight is 173 g/mol. The van der Waals surface area contributed by atoms with Crippen LogP contribution >= 0.6 is 0 Å². The number of hydrogen-bond acceptors (Lipinski definition) is 3. The molecule has 0 aromatic rings. The Labute approximate surface area is 74.4 Å². The smallest absolute Gasteiger partial charge is 0.102 e. The molecule has 12 heavy (non-hydrogen) atoms. The number of rotatable bonds is 2. The molecule has 0 saturated carbocycles. The summed E-state index contributed by atoms with van der Waals surface area (Å²) >= 11 is 0. The Balaban J connectivity index is 2.55. The van der Waals surface area contributed by atoms with Crippen LogP contribution in [0.15, 0.2) is 0 Å². The van der Waals surface area contributed by atoms with Gasteiger partial charge in [0, 0.05) is 20.2 Å². The number of hydrogen-bond donors (Lipinski definition) is 1. The molecule has 1 rings (SSSR count). The maximum absolute atomic E-state index is 5.91. The number of ether oxygens (including phenoxy) is 2. The molecular weight excluding hydrogens is 154 g/mol. The number of morpholine rings is 1. The highest BCUT2D eigenvalue weighted by Gasteiger charge is 2.36. The first kappa shape index (κ1) is 9.96. The van der Waals surface area contributed by atoms with E-state index in [-0.39, 0.29) is 11.2 Å². The Morgan fingerprint density at radius 2 is 2.00 bits per heavy atom. The van der Waals surface area contributed by atoms with Crippen molar-refractivity contribution in [2.75, 3.05) is 26.8 Å². The Morgan fingerprint density at radius 3 is 2.50 bits per heavy atom. The van der Waals surface area contributed by atoms with Gasteiger partial charge in [-0.05, 0) is 20.8 Å². The van der Waals surface area contributed by atoms with Crippen LogP contribution in [-0.4, -0.2) is 38.0 Å². The molecule has 0 aromatic carbocycles. The first-order valence-corrected chi connectivity index (χ1v) is 4.37. The van der Waals surface area contributed by atoms with Gasteiger partial charge in [-0.2, -0.15) is 0 Å². The molecule has 0 bridgehead atoms. The van der Waals surface area contributed by atoms with Crippen molar-refractivity contribution in [1.29, 1.82) is 0 Å². The molecule has 72 valence electrons. The van der Waals surface area contributed by atoms with Crippen molar-refractivity contribution in [2.45, 2.75) is 32.0 Å². The molecule has 1 fully saturated rings. The zero-order valence-corrected chi connectivity index (χ0v) is 8.44. The van der Waals surface area contributed by atoms with Gasteiger partial charge in [0.1, 0.15) is 5.60 Å². The van der Waals surface area contributed by atoms with E-state index in [0.29, 0.717) is 6.61 Å². The lowest BCUT2D eigenvalue weighted by molar-refractivity contribution is -0.173. The Kier molecular flexibility index (Phi) is 2.76. The van der Waals surface area contributed by atoms with E-state index in [4.69, 9.17) is 9.47 Å².